The molecule has 0 radical (unpaired) electrons. The average Bonchev–Trinajstić information content (AvgIpc) is 2.67. The highest BCUT2D eigenvalue weighted by atomic mass is 16.5. The van der Waals surface area contributed by atoms with Crippen LogP contribution in [0.3, 0.4) is 0 Å². The van der Waals surface area contributed by atoms with E-state index in [9.17, 15) is 9.59 Å². The van der Waals surface area contributed by atoms with Gasteiger partial charge < -0.3 is 15.0 Å². The molecule has 1 N–H and O–H groups in total. The molecule has 0 bridgehead atoms. The predicted molar refractivity (Wildman–Crippen MR) is 53.2 cm³/mol. The molecular formula is C10H16N2O3. The fourth-order valence-electron chi connectivity index (χ4n) is 1.97. The predicted octanol–water partition coefficient (Wildman–Crippen LogP) is -0.486. The number of ether oxygens (including phenoxy) is 1. The fraction of sp³-hybridized carbons (Fsp3) is 0.800. The molecule has 15 heavy (non-hydrogen) atoms. The van der Waals surface area contributed by atoms with Gasteiger partial charge in [-0.25, -0.2) is 0 Å². The van der Waals surface area contributed by atoms with Gasteiger partial charge in [-0.05, 0) is 19.3 Å². The van der Waals surface area contributed by atoms with Crippen molar-refractivity contribution in [1.29, 1.82) is 0 Å². The van der Waals surface area contributed by atoms with Crippen LogP contribution in [0.15, 0.2) is 0 Å². The first-order valence-corrected chi connectivity index (χ1v) is 5.44. The van der Waals surface area contributed by atoms with Gasteiger partial charge in [-0.1, -0.05) is 0 Å². The van der Waals surface area contributed by atoms with Gasteiger partial charge in [0, 0.05) is 19.7 Å². The second kappa shape index (κ2) is 4.61. The van der Waals surface area contributed by atoms with E-state index in [0.29, 0.717) is 19.7 Å². The molecule has 0 saturated carbocycles. The number of hydrogen-bond acceptors (Lipinski definition) is 3. The molecule has 2 aliphatic rings. The number of amides is 2. The number of nitrogens with one attached hydrogen (secondary N) is 1. The van der Waals surface area contributed by atoms with Crippen molar-refractivity contribution in [2.45, 2.75) is 25.4 Å². The third-order valence-electron chi connectivity index (χ3n) is 2.78. The lowest BCUT2D eigenvalue weighted by molar-refractivity contribution is -0.143. The van der Waals surface area contributed by atoms with Gasteiger partial charge in [0.05, 0.1) is 6.54 Å². The van der Waals surface area contributed by atoms with E-state index in [0.717, 1.165) is 19.3 Å². The number of nitrogens with zero attached hydrogens (tertiary/aromatic N) is 1. The second-order valence-corrected chi connectivity index (χ2v) is 3.96. The van der Waals surface area contributed by atoms with Gasteiger partial charge in [-0.15, -0.1) is 0 Å². The van der Waals surface area contributed by atoms with Gasteiger partial charge in [-0.2, -0.15) is 0 Å². The van der Waals surface area contributed by atoms with E-state index in [4.69, 9.17) is 4.74 Å². The number of hydrogen-bond donors (Lipinski definition) is 1. The maximum atomic E-state index is 11.9. The Morgan fingerprint density at radius 2 is 2.33 bits per heavy atom. The molecule has 0 aromatic rings. The molecule has 0 aliphatic carbocycles. The number of carbonyl (C=O) groups is 2. The van der Waals surface area contributed by atoms with E-state index >= 15 is 0 Å². The minimum absolute atomic E-state index is 0.0236. The summed E-state index contributed by atoms with van der Waals surface area (Å²) in [7, 11) is 0. The summed E-state index contributed by atoms with van der Waals surface area (Å²) in [5.41, 5.74) is 0. The maximum absolute atomic E-state index is 11.9. The smallest absolute Gasteiger partial charge is 0.252 e. The first-order chi connectivity index (χ1) is 7.27. The van der Waals surface area contributed by atoms with Gasteiger partial charge >= 0.3 is 0 Å². The first-order valence-electron chi connectivity index (χ1n) is 5.44. The highest BCUT2D eigenvalue weighted by Crippen LogP contribution is 2.15. The van der Waals surface area contributed by atoms with Crippen LogP contribution in [0.1, 0.15) is 19.3 Å². The zero-order chi connectivity index (χ0) is 10.7. The van der Waals surface area contributed by atoms with E-state index in [2.05, 4.69) is 5.32 Å². The standard InChI is InChI=1S/C10H16N2O3/c13-9-7-12(5-2-4-11-9)10(14)8-3-1-6-15-8/h8H,1-7H2,(H,11,13)/t8-/m0/s1. The van der Waals surface area contributed by atoms with Crippen molar-refractivity contribution in [3.8, 4) is 0 Å². The van der Waals surface area contributed by atoms with E-state index in [1.54, 1.807) is 4.90 Å². The Morgan fingerprint density at radius 1 is 1.47 bits per heavy atom. The maximum Gasteiger partial charge on any atom is 0.252 e. The van der Waals surface area contributed by atoms with Crippen LogP contribution in [0, 0.1) is 0 Å². The van der Waals surface area contributed by atoms with Crippen molar-refractivity contribution >= 4 is 11.8 Å². The van der Waals surface area contributed by atoms with E-state index < -0.39 is 0 Å². The Morgan fingerprint density at radius 3 is 3.07 bits per heavy atom. The summed E-state index contributed by atoms with van der Waals surface area (Å²) < 4.78 is 5.32. The highest BCUT2D eigenvalue weighted by molar-refractivity contribution is 5.87. The first kappa shape index (κ1) is 10.4. The zero-order valence-corrected chi connectivity index (χ0v) is 8.70. The largest absolute Gasteiger partial charge is 0.368 e. The van der Waals surface area contributed by atoms with Crippen molar-refractivity contribution in [2.24, 2.45) is 0 Å². The lowest BCUT2D eigenvalue weighted by Crippen LogP contribution is -2.42. The van der Waals surface area contributed by atoms with Crippen LogP contribution in [0.5, 0.6) is 0 Å². The topological polar surface area (TPSA) is 58.6 Å². The van der Waals surface area contributed by atoms with Crippen molar-refractivity contribution in [3.05, 3.63) is 0 Å². The highest BCUT2D eigenvalue weighted by Gasteiger charge is 2.29. The Labute approximate surface area is 88.8 Å². The van der Waals surface area contributed by atoms with Gasteiger partial charge in [0.15, 0.2) is 0 Å². The van der Waals surface area contributed by atoms with Gasteiger partial charge in [-0.3, -0.25) is 9.59 Å². The molecule has 5 nitrogen and oxygen atoms in total. The number of rotatable bonds is 1. The molecule has 0 aromatic carbocycles. The summed E-state index contributed by atoms with van der Waals surface area (Å²) in [6, 6.07) is 0. The summed E-state index contributed by atoms with van der Waals surface area (Å²) in [6.45, 7) is 2.15. The third-order valence-corrected chi connectivity index (χ3v) is 2.78. The third kappa shape index (κ3) is 2.47. The van der Waals surface area contributed by atoms with Crippen LogP contribution in [0.25, 0.3) is 0 Å². The zero-order valence-electron chi connectivity index (χ0n) is 8.70. The van der Waals surface area contributed by atoms with Crippen molar-refractivity contribution in [2.75, 3.05) is 26.2 Å². The van der Waals surface area contributed by atoms with Gasteiger partial charge in [0.1, 0.15) is 6.10 Å². The average molecular weight is 212 g/mol. The molecular weight excluding hydrogens is 196 g/mol. The minimum Gasteiger partial charge on any atom is -0.368 e. The summed E-state index contributed by atoms with van der Waals surface area (Å²) in [4.78, 5) is 24.8. The molecule has 2 rings (SSSR count). The lowest BCUT2D eigenvalue weighted by Gasteiger charge is -2.22. The Bertz CT molecular complexity index is 261. The SMILES string of the molecule is O=C1CN(C(=O)[C@@H]2CCCO2)CCCN1. The van der Waals surface area contributed by atoms with Crippen molar-refractivity contribution in [1.82, 2.24) is 10.2 Å². The summed E-state index contributed by atoms with van der Waals surface area (Å²) in [5.74, 6) is -0.0941. The lowest BCUT2D eigenvalue weighted by atomic mass is 10.2. The van der Waals surface area contributed by atoms with Crippen LogP contribution < -0.4 is 5.32 Å². The normalized spacial score (nSPS) is 27.3. The van der Waals surface area contributed by atoms with Crippen LogP contribution >= 0.6 is 0 Å². The minimum atomic E-state index is -0.309. The molecule has 0 aromatic heterocycles. The monoisotopic (exact) mass is 212 g/mol. The van der Waals surface area contributed by atoms with Crippen LogP contribution in [-0.2, 0) is 14.3 Å². The number of carbonyl (C=O) groups excluding carboxylic acids is 2. The molecule has 5 heteroatoms. The van der Waals surface area contributed by atoms with Crippen LogP contribution in [0.4, 0.5) is 0 Å². The van der Waals surface area contributed by atoms with E-state index in [1.807, 2.05) is 0 Å². The molecule has 1 atom stereocenters. The van der Waals surface area contributed by atoms with Crippen molar-refractivity contribution < 1.29 is 14.3 Å². The van der Waals surface area contributed by atoms with Gasteiger partial charge in [0.2, 0.25) is 5.91 Å². The Balaban J connectivity index is 1.95. The second-order valence-electron chi connectivity index (χ2n) is 3.96. The molecule has 2 fully saturated rings. The molecule has 0 spiro atoms. The summed E-state index contributed by atoms with van der Waals surface area (Å²) in [6.07, 6.45) is 2.24. The van der Waals surface area contributed by atoms with Crippen LogP contribution in [-0.4, -0.2) is 49.1 Å². The molecule has 2 aliphatic heterocycles. The van der Waals surface area contributed by atoms with Gasteiger partial charge in [0.25, 0.3) is 5.91 Å². The summed E-state index contributed by atoms with van der Waals surface area (Å²) >= 11 is 0. The molecule has 2 amide bonds. The van der Waals surface area contributed by atoms with Crippen molar-refractivity contribution in [3.63, 3.8) is 0 Å². The molecule has 0 unspecified atom stereocenters. The molecule has 84 valence electrons. The van der Waals surface area contributed by atoms with E-state index in [-0.39, 0.29) is 24.5 Å². The molecule has 2 heterocycles. The summed E-state index contributed by atoms with van der Waals surface area (Å²) in [5, 5.41) is 2.75. The Kier molecular flexibility index (Phi) is 3.20. The fourth-order valence-corrected chi connectivity index (χ4v) is 1.97. The molecule has 2 saturated heterocycles. The quantitative estimate of drug-likeness (QED) is 0.638. The van der Waals surface area contributed by atoms with Crippen LogP contribution in [0.2, 0.25) is 0 Å². The Hall–Kier alpha value is -1.10. The van der Waals surface area contributed by atoms with E-state index in [1.165, 1.54) is 0 Å².